The van der Waals surface area contributed by atoms with Gasteiger partial charge >= 0.3 is 5.97 Å². The number of rotatable bonds is 8. The van der Waals surface area contributed by atoms with Crippen LogP contribution in [0.3, 0.4) is 0 Å². The first kappa shape index (κ1) is 20.9. The Morgan fingerprint density at radius 3 is 2.37 bits per heavy atom. The van der Waals surface area contributed by atoms with Gasteiger partial charge in [-0.05, 0) is 50.2 Å². The molecule has 8 heteroatoms. The number of hydrogen-bond acceptors (Lipinski definition) is 6. The molecule has 1 aliphatic rings. The highest BCUT2D eigenvalue weighted by molar-refractivity contribution is 5.97. The van der Waals surface area contributed by atoms with E-state index < -0.39 is 5.41 Å². The molecule has 0 atom stereocenters. The van der Waals surface area contributed by atoms with Gasteiger partial charge in [0.05, 0.1) is 25.6 Å². The highest BCUT2D eigenvalue weighted by Crippen LogP contribution is 2.30. The van der Waals surface area contributed by atoms with Crippen LogP contribution in [0, 0.1) is 5.41 Å². The summed E-state index contributed by atoms with van der Waals surface area (Å²) < 4.78 is 9.80. The lowest BCUT2D eigenvalue weighted by atomic mass is 9.78. The first-order valence-corrected chi connectivity index (χ1v) is 8.97. The Balaban J connectivity index is 1.93. The van der Waals surface area contributed by atoms with Crippen molar-refractivity contribution in [3.8, 4) is 0 Å². The van der Waals surface area contributed by atoms with Crippen molar-refractivity contribution in [2.75, 3.05) is 45.8 Å². The minimum absolute atomic E-state index is 0.0684. The van der Waals surface area contributed by atoms with Crippen molar-refractivity contribution in [3.05, 3.63) is 29.8 Å². The predicted molar refractivity (Wildman–Crippen MR) is 100 cm³/mol. The van der Waals surface area contributed by atoms with Gasteiger partial charge in [-0.3, -0.25) is 14.4 Å². The highest BCUT2D eigenvalue weighted by Gasteiger charge is 2.39. The topological polar surface area (TPSA) is 106 Å². The second kappa shape index (κ2) is 10.0. The van der Waals surface area contributed by atoms with Crippen LogP contribution >= 0.6 is 0 Å². The van der Waals surface area contributed by atoms with Crippen molar-refractivity contribution in [1.82, 2.24) is 10.6 Å². The Kier molecular flexibility index (Phi) is 7.75. The zero-order valence-electron chi connectivity index (χ0n) is 15.8. The molecule has 1 saturated heterocycles. The van der Waals surface area contributed by atoms with Gasteiger partial charge in [-0.25, -0.2) is 0 Å². The van der Waals surface area contributed by atoms with E-state index >= 15 is 0 Å². The van der Waals surface area contributed by atoms with E-state index in [1.54, 1.807) is 31.4 Å². The third-order valence-electron chi connectivity index (χ3n) is 4.71. The smallest absolute Gasteiger partial charge is 0.307 e. The second-order valence-corrected chi connectivity index (χ2v) is 6.58. The van der Waals surface area contributed by atoms with Crippen molar-refractivity contribution in [2.45, 2.75) is 19.3 Å². The molecule has 2 rings (SSSR count). The lowest BCUT2D eigenvalue weighted by molar-refractivity contribution is -0.140. The van der Waals surface area contributed by atoms with Gasteiger partial charge in [0.15, 0.2) is 0 Å². The van der Waals surface area contributed by atoms with Crippen molar-refractivity contribution in [1.29, 1.82) is 0 Å². The van der Waals surface area contributed by atoms with E-state index in [1.807, 2.05) is 0 Å². The molecule has 0 radical (unpaired) electrons. The summed E-state index contributed by atoms with van der Waals surface area (Å²) in [7, 11) is 2.91. The number of anilines is 1. The van der Waals surface area contributed by atoms with Crippen LogP contribution in [-0.4, -0.2) is 58.2 Å². The zero-order chi connectivity index (χ0) is 19.7. The minimum atomic E-state index is -0.538. The second-order valence-electron chi connectivity index (χ2n) is 6.58. The van der Waals surface area contributed by atoms with Gasteiger partial charge in [0, 0.05) is 24.9 Å². The number of piperidine rings is 1. The van der Waals surface area contributed by atoms with Gasteiger partial charge in [0.2, 0.25) is 5.91 Å². The summed E-state index contributed by atoms with van der Waals surface area (Å²) in [6, 6.07) is 6.65. The summed E-state index contributed by atoms with van der Waals surface area (Å²) >= 11 is 0. The third-order valence-corrected chi connectivity index (χ3v) is 4.71. The number of nitrogens with one attached hydrogen (secondary N) is 3. The molecule has 148 valence electrons. The maximum atomic E-state index is 12.8. The number of amides is 2. The van der Waals surface area contributed by atoms with Crippen molar-refractivity contribution >= 4 is 23.5 Å². The van der Waals surface area contributed by atoms with Crippen LogP contribution in [0.1, 0.15) is 29.6 Å². The van der Waals surface area contributed by atoms with Crippen LogP contribution in [0.4, 0.5) is 5.69 Å². The average molecular weight is 377 g/mol. The lowest BCUT2D eigenvalue weighted by Gasteiger charge is -2.35. The Morgan fingerprint density at radius 2 is 1.78 bits per heavy atom. The van der Waals surface area contributed by atoms with Crippen LogP contribution in [0.2, 0.25) is 0 Å². The van der Waals surface area contributed by atoms with E-state index in [4.69, 9.17) is 4.74 Å². The van der Waals surface area contributed by atoms with E-state index in [-0.39, 0.29) is 30.7 Å². The minimum Gasteiger partial charge on any atom is -0.469 e. The summed E-state index contributed by atoms with van der Waals surface area (Å²) in [5, 5.41) is 8.83. The Hall–Kier alpha value is -2.45. The van der Waals surface area contributed by atoms with E-state index in [2.05, 4.69) is 20.7 Å². The molecule has 0 aromatic heterocycles. The van der Waals surface area contributed by atoms with Crippen LogP contribution in [0.15, 0.2) is 24.3 Å². The number of esters is 1. The number of carbonyl (C=O) groups excluding carboxylic acids is 3. The summed E-state index contributed by atoms with van der Waals surface area (Å²) in [5.41, 5.74) is 0.538. The standard InChI is InChI=1S/C19H27N3O5/c1-26-13-19(8-11-20-12-9-19)18(25)22-15-5-3-14(4-6-15)17(24)21-10-7-16(23)27-2/h3-6,20H,7-13H2,1-2H3,(H,21,24)(H,22,25). The number of benzene rings is 1. The number of carbonyl (C=O) groups is 3. The quantitative estimate of drug-likeness (QED) is 0.582. The molecule has 1 heterocycles. The molecule has 1 aliphatic heterocycles. The molecule has 1 aromatic rings. The SMILES string of the molecule is COCC1(C(=O)Nc2ccc(C(=O)NCCC(=O)OC)cc2)CCNCC1. The van der Waals surface area contributed by atoms with E-state index in [0.29, 0.717) is 30.7 Å². The first-order valence-electron chi connectivity index (χ1n) is 8.97. The Labute approximate surface area is 159 Å². The fraction of sp³-hybridized carbons (Fsp3) is 0.526. The molecule has 8 nitrogen and oxygen atoms in total. The number of ether oxygens (including phenoxy) is 2. The van der Waals surface area contributed by atoms with E-state index in [9.17, 15) is 14.4 Å². The van der Waals surface area contributed by atoms with Crippen LogP contribution in [0.5, 0.6) is 0 Å². The maximum Gasteiger partial charge on any atom is 0.307 e. The maximum absolute atomic E-state index is 12.8. The molecule has 0 bridgehead atoms. The van der Waals surface area contributed by atoms with Crippen LogP contribution in [0.25, 0.3) is 0 Å². The first-order chi connectivity index (χ1) is 13.0. The molecule has 2 amide bonds. The van der Waals surface area contributed by atoms with Gasteiger partial charge in [0.1, 0.15) is 0 Å². The molecular weight excluding hydrogens is 350 g/mol. The fourth-order valence-electron chi connectivity index (χ4n) is 3.07. The van der Waals surface area contributed by atoms with Gasteiger partial charge in [-0.1, -0.05) is 0 Å². The van der Waals surface area contributed by atoms with E-state index in [1.165, 1.54) is 7.11 Å². The predicted octanol–water partition coefficient (Wildman–Crippen LogP) is 0.934. The summed E-state index contributed by atoms with van der Waals surface area (Å²) in [6.07, 6.45) is 1.55. The average Bonchev–Trinajstić information content (AvgIpc) is 2.69. The number of hydrogen-bond donors (Lipinski definition) is 3. The number of methoxy groups -OCH3 is 2. The fourth-order valence-corrected chi connectivity index (χ4v) is 3.07. The molecule has 3 N–H and O–H groups in total. The van der Waals surface area contributed by atoms with Crippen LogP contribution in [-0.2, 0) is 19.1 Å². The molecule has 27 heavy (non-hydrogen) atoms. The molecule has 0 spiro atoms. The highest BCUT2D eigenvalue weighted by atomic mass is 16.5. The third kappa shape index (κ3) is 5.77. The van der Waals surface area contributed by atoms with Crippen molar-refractivity contribution in [2.24, 2.45) is 5.41 Å². The molecular formula is C19H27N3O5. The summed E-state index contributed by atoms with van der Waals surface area (Å²) in [6.45, 7) is 2.14. The van der Waals surface area contributed by atoms with Gasteiger partial charge in [-0.15, -0.1) is 0 Å². The monoisotopic (exact) mass is 377 g/mol. The lowest BCUT2D eigenvalue weighted by Crippen LogP contribution is -2.47. The van der Waals surface area contributed by atoms with Gasteiger partial charge in [0.25, 0.3) is 5.91 Å². The largest absolute Gasteiger partial charge is 0.469 e. The molecule has 1 fully saturated rings. The van der Waals surface area contributed by atoms with Crippen LogP contribution < -0.4 is 16.0 Å². The summed E-state index contributed by atoms with van der Waals surface area (Å²) in [5.74, 6) is -0.733. The molecule has 0 unspecified atom stereocenters. The zero-order valence-corrected chi connectivity index (χ0v) is 15.8. The van der Waals surface area contributed by atoms with Crippen molar-refractivity contribution < 1.29 is 23.9 Å². The Morgan fingerprint density at radius 1 is 1.11 bits per heavy atom. The molecule has 1 aromatic carbocycles. The Bertz CT molecular complexity index is 648. The van der Waals surface area contributed by atoms with Gasteiger partial charge in [-0.2, -0.15) is 0 Å². The molecule has 0 saturated carbocycles. The van der Waals surface area contributed by atoms with E-state index in [0.717, 1.165) is 13.1 Å². The van der Waals surface area contributed by atoms with Gasteiger partial charge < -0.3 is 25.4 Å². The normalized spacial score (nSPS) is 15.6. The van der Waals surface area contributed by atoms with Crippen molar-refractivity contribution in [3.63, 3.8) is 0 Å². The summed E-state index contributed by atoms with van der Waals surface area (Å²) in [4.78, 5) is 35.9. The molecule has 0 aliphatic carbocycles.